The molecule has 0 fully saturated rings. The topological polar surface area (TPSA) is 106 Å². The Hall–Kier alpha value is -3.39. The van der Waals surface area contributed by atoms with E-state index in [1.54, 1.807) is 12.1 Å². The number of benzene rings is 1. The average Bonchev–Trinajstić information content (AvgIpc) is 2.59. The van der Waals surface area contributed by atoms with Gasteiger partial charge in [0.2, 0.25) is 0 Å². The van der Waals surface area contributed by atoms with Gasteiger partial charge in [-0.2, -0.15) is 0 Å². The van der Waals surface area contributed by atoms with Crippen LogP contribution in [0.25, 0.3) is 11.3 Å². The van der Waals surface area contributed by atoms with Crippen molar-refractivity contribution in [2.45, 2.75) is 0 Å². The first kappa shape index (κ1) is 17.0. The van der Waals surface area contributed by atoms with Crippen molar-refractivity contribution in [2.75, 3.05) is 5.73 Å². The molecule has 0 aliphatic carbocycles. The molecule has 8 heteroatoms. The third kappa shape index (κ3) is 3.87. The molecular weight excluding hydrogens is 309 g/mol. The van der Waals surface area contributed by atoms with Crippen molar-refractivity contribution in [2.24, 2.45) is 15.8 Å². The lowest BCUT2D eigenvalue weighted by Gasteiger charge is -2.16. The zero-order valence-electron chi connectivity index (χ0n) is 12.8. The van der Waals surface area contributed by atoms with Crippen molar-refractivity contribution >= 4 is 18.0 Å². The number of hydrogen-bond acceptors (Lipinski definition) is 6. The second-order valence-corrected chi connectivity index (χ2v) is 4.49. The second kappa shape index (κ2) is 7.75. The van der Waals surface area contributed by atoms with E-state index in [0.29, 0.717) is 11.3 Å². The van der Waals surface area contributed by atoms with Gasteiger partial charge < -0.3 is 5.73 Å². The van der Waals surface area contributed by atoms with Gasteiger partial charge in [-0.05, 0) is 24.3 Å². The van der Waals surface area contributed by atoms with Gasteiger partial charge in [-0.1, -0.05) is 13.2 Å². The van der Waals surface area contributed by atoms with Gasteiger partial charge in [-0.3, -0.25) is 0 Å². The highest BCUT2D eigenvalue weighted by Gasteiger charge is 2.16. The van der Waals surface area contributed by atoms with Crippen LogP contribution in [0.3, 0.4) is 0 Å². The summed E-state index contributed by atoms with van der Waals surface area (Å²) in [5, 5.41) is 1.12. The van der Waals surface area contributed by atoms with Gasteiger partial charge >= 0.3 is 0 Å². The van der Waals surface area contributed by atoms with E-state index in [1.165, 1.54) is 37.1 Å². The van der Waals surface area contributed by atoms with Crippen molar-refractivity contribution in [1.82, 2.24) is 15.0 Å². The number of nitrogens with two attached hydrogens (primary N) is 2. The van der Waals surface area contributed by atoms with E-state index in [0.717, 1.165) is 5.01 Å². The molecule has 4 N–H and O–H groups in total. The lowest BCUT2D eigenvalue weighted by atomic mass is 10.1. The van der Waals surface area contributed by atoms with Crippen LogP contribution in [-0.2, 0) is 0 Å². The van der Waals surface area contributed by atoms with Crippen LogP contribution in [-0.4, -0.2) is 27.2 Å². The van der Waals surface area contributed by atoms with E-state index >= 15 is 0 Å². The number of rotatable bonds is 5. The third-order valence-corrected chi connectivity index (χ3v) is 2.91. The number of anilines is 1. The summed E-state index contributed by atoms with van der Waals surface area (Å²) >= 11 is 0. The fourth-order valence-electron chi connectivity index (χ4n) is 1.83. The Bertz CT molecular complexity index is 797. The number of nitrogen functional groups attached to an aromatic ring is 1. The first-order valence-corrected chi connectivity index (χ1v) is 6.82. The quantitative estimate of drug-likeness (QED) is 0.379. The van der Waals surface area contributed by atoms with Gasteiger partial charge in [0.25, 0.3) is 0 Å². The van der Waals surface area contributed by atoms with E-state index < -0.39 is 0 Å². The molecule has 7 nitrogen and oxygen atoms in total. The summed E-state index contributed by atoms with van der Waals surface area (Å²) in [5.74, 6) is 5.87. The Kier molecular flexibility index (Phi) is 5.48. The summed E-state index contributed by atoms with van der Waals surface area (Å²) < 4.78 is 13.1. The number of hydrogen-bond donors (Lipinski definition) is 2. The van der Waals surface area contributed by atoms with Crippen molar-refractivity contribution in [3.8, 4) is 11.3 Å². The maximum absolute atomic E-state index is 13.1. The molecule has 0 saturated heterocycles. The fourth-order valence-corrected chi connectivity index (χ4v) is 1.83. The maximum atomic E-state index is 13.1. The van der Waals surface area contributed by atoms with Crippen molar-refractivity contribution in [3.05, 3.63) is 67.5 Å². The zero-order chi connectivity index (χ0) is 17.5. The van der Waals surface area contributed by atoms with Crippen LogP contribution < -0.4 is 11.6 Å². The number of nitrogens with zero attached hydrogens (tertiary/aromatic N) is 5. The summed E-state index contributed by atoms with van der Waals surface area (Å²) in [7, 11) is 0. The molecule has 2 aromatic rings. The monoisotopic (exact) mass is 325 g/mol. The molecule has 0 aliphatic rings. The molecule has 1 aromatic heterocycles. The predicted octanol–water partition coefficient (Wildman–Crippen LogP) is 2.10. The molecule has 0 saturated carbocycles. The minimum Gasteiger partial charge on any atom is -0.382 e. The Labute approximate surface area is 138 Å². The van der Waals surface area contributed by atoms with Gasteiger partial charge in [0.05, 0.1) is 11.9 Å². The number of halogens is 1. The summed E-state index contributed by atoms with van der Waals surface area (Å²) in [5.41, 5.74) is 7.30. The molecular formula is C16H16FN7. The first-order chi connectivity index (χ1) is 11.6. The number of aliphatic imine (C=N–C) groups is 2. The van der Waals surface area contributed by atoms with Crippen LogP contribution in [0.15, 0.2) is 66.0 Å². The van der Waals surface area contributed by atoms with E-state index in [1.807, 2.05) is 0 Å². The largest absolute Gasteiger partial charge is 0.382 e. The summed E-state index contributed by atoms with van der Waals surface area (Å²) in [4.78, 5) is 16.4. The van der Waals surface area contributed by atoms with E-state index in [9.17, 15) is 4.39 Å². The standard InChI is InChI=1S/C16H16FN7/c1-3-20-10-24(19)16(21-4-2)14-15(18)22-9-13(23-14)11-5-7-12(17)8-6-11/h3-10H,1-2,19H2,(H2,18,22). The van der Waals surface area contributed by atoms with E-state index in [2.05, 4.69) is 33.1 Å². The molecule has 0 spiro atoms. The Morgan fingerprint density at radius 1 is 1.21 bits per heavy atom. The van der Waals surface area contributed by atoms with Crippen LogP contribution >= 0.6 is 0 Å². The zero-order valence-corrected chi connectivity index (χ0v) is 12.8. The van der Waals surface area contributed by atoms with Gasteiger partial charge in [0.1, 0.15) is 17.8 Å². The molecule has 0 aliphatic heterocycles. The van der Waals surface area contributed by atoms with Crippen LogP contribution in [0, 0.1) is 5.82 Å². The molecule has 2 rings (SSSR count). The molecule has 0 unspecified atom stereocenters. The molecule has 122 valence electrons. The number of hydrazine groups is 1. The van der Waals surface area contributed by atoms with Gasteiger partial charge in [-0.15, -0.1) is 0 Å². The van der Waals surface area contributed by atoms with Gasteiger partial charge in [-0.25, -0.2) is 35.2 Å². The normalized spacial score (nSPS) is 11.5. The Balaban J connectivity index is 2.51. The van der Waals surface area contributed by atoms with Crippen molar-refractivity contribution < 1.29 is 4.39 Å². The van der Waals surface area contributed by atoms with Crippen molar-refractivity contribution in [1.29, 1.82) is 0 Å². The first-order valence-electron chi connectivity index (χ1n) is 6.82. The highest BCUT2D eigenvalue weighted by Crippen LogP contribution is 2.19. The summed E-state index contributed by atoms with van der Waals surface area (Å²) in [6.45, 7) is 7.01. The van der Waals surface area contributed by atoms with Crippen LogP contribution in [0.4, 0.5) is 10.2 Å². The predicted molar refractivity (Wildman–Crippen MR) is 93.3 cm³/mol. The molecule has 1 aromatic carbocycles. The van der Waals surface area contributed by atoms with Crippen molar-refractivity contribution in [3.63, 3.8) is 0 Å². The highest BCUT2D eigenvalue weighted by molar-refractivity contribution is 6.06. The summed E-state index contributed by atoms with van der Waals surface area (Å²) in [6.07, 6.45) is 5.38. The van der Waals surface area contributed by atoms with Gasteiger partial charge in [0, 0.05) is 18.0 Å². The lowest BCUT2D eigenvalue weighted by Crippen LogP contribution is -2.37. The molecule has 0 bridgehead atoms. The lowest BCUT2D eigenvalue weighted by molar-refractivity contribution is 0.628. The smallest absolute Gasteiger partial charge is 0.178 e. The SMILES string of the molecule is C=CN=CN(N)C(=NC=C)c1nc(-c2ccc(F)cc2)cnc1N. The van der Waals surface area contributed by atoms with E-state index in [4.69, 9.17) is 11.6 Å². The maximum Gasteiger partial charge on any atom is 0.178 e. The van der Waals surface area contributed by atoms with E-state index in [-0.39, 0.29) is 23.2 Å². The third-order valence-electron chi connectivity index (χ3n) is 2.91. The number of amidine groups is 1. The summed E-state index contributed by atoms with van der Waals surface area (Å²) in [6, 6.07) is 5.83. The Morgan fingerprint density at radius 3 is 2.54 bits per heavy atom. The molecule has 0 amide bonds. The molecule has 0 atom stereocenters. The molecule has 0 radical (unpaired) electrons. The van der Waals surface area contributed by atoms with Crippen LogP contribution in [0.1, 0.15) is 5.69 Å². The highest BCUT2D eigenvalue weighted by atomic mass is 19.1. The minimum absolute atomic E-state index is 0.129. The molecule has 1 heterocycles. The average molecular weight is 325 g/mol. The van der Waals surface area contributed by atoms with Crippen LogP contribution in [0.2, 0.25) is 0 Å². The van der Waals surface area contributed by atoms with Crippen LogP contribution in [0.5, 0.6) is 0 Å². The minimum atomic E-state index is -0.343. The van der Waals surface area contributed by atoms with Gasteiger partial charge in [0.15, 0.2) is 11.7 Å². The number of aromatic nitrogens is 2. The second-order valence-electron chi connectivity index (χ2n) is 4.49. The Morgan fingerprint density at radius 2 is 1.92 bits per heavy atom. The fraction of sp³-hybridized carbons (Fsp3) is 0. The molecule has 24 heavy (non-hydrogen) atoms.